The van der Waals surface area contributed by atoms with Crippen molar-refractivity contribution in [2.75, 3.05) is 25.4 Å². The maximum Gasteiger partial charge on any atom is 0.223 e. The molecule has 1 rings (SSSR count). The highest BCUT2D eigenvalue weighted by atomic mass is 35.5. The number of rotatable bonds is 7. The lowest BCUT2D eigenvalue weighted by atomic mass is 9.96. The zero-order valence-electron chi connectivity index (χ0n) is 13.7. The summed E-state index contributed by atoms with van der Waals surface area (Å²) >= 11 is 0. The third-order valence-corrected chi connectivity index (χ3v) is 5.85. The second-order valence-corrected chi connectivity index (χ2v) is 8.40. The Kier molecular flexibility index (Phi) is 9.54. The highest BCUT2D eigenvalue weighted by molar-refractivity contribution is 7.89. The van der Waals surface area contributed by atoms with Gasteiger partial charge in [-0.25, -0.2) is 12.7 Å². The van der Waals surface area contributed by atoms with E-state index in [1.807, 2.05) is 0 Å². The molecule has 6 nitrogen and oxygen atoms in total. The van der Waals surface area contributed by atoms with Crippen molar-refractivity contribution < 1.29 is 13.2 Å². The Bertz CT molecular complexity index is 435. The molecule has 1 aliphatic rings. The Balaban J connectivity index is 0.00000441. The molecule has 0 radical (unpaired) electrons. The summed E-state index contributed by atoms with van der Waals surface area (Å²) in [5, 5.41) is 3.00. The van der Waals surface area contributed by atoms with Crippen LogP contribution in [0, 0.1) is 11.8 Å². The van der Waals surface area contributed by atoms with Gasteiger partial charge in [0.15, 0.2) is 0 Å². The fraction of sp³-hybridized carbons (Fsp3) is 0.929. The molecular weight excluding hydrogens is 326 g/mol. The van der Waals surface area contributed by atoms with E-state index in [0.717, 1.165) is 6.42 Å². The topological polar surface area (TPSA) is 92.5 Å². The molecule has 1 amide bonds. The van der Waals surface area contributed by atoms with Crippen molar-refractivity contribution in [1.29, 1.82) is 0 Å². The van der Waals surface area contributed by atoms with Crippen LogP contribution in [0.25, 0.3) is 0 Å². The average molecular weight is 356 g/mol. The van der Waals surface area contributed by atoms with Gasteiger partial charge in [-0.1, -0.05) is 13.8 Å². The average Bonchev–Trinajstić information content (AvgIpc) is 2.46. The van der Waals surface area contributed by atoms with Gasteiger partial charge in [0.2, 0.25) is 15.9 Å². The maximum atomic E-state index is 12.2. The lowest BCUT2D eigenvalue weighted by Gasteiger charge is -2.31. The van der Waals surface area contributed by atoms with Gasteiger partial charge in [-0.2, -0.15) is 0 Å². The van der Waals surface area contributed by atoms with Crippen LogP contribution in [-0.4, -0.2) is 50.1 Å². The predicted molar refractivity (Wildman–Crippen MR) is 91.4 cm³/mol. The van der Waals surface area contributed by atoms with E-state index in [0.29, 0.717) is 38.4 Å². The highest BCUT2D eigenvalue weighted by Gasteiger charge is 2.30. The second-order valence-electron chi connectivity index (χ2n) is 6.14. The predicted octanol–water partition coefficient (Wildman–Crippen LogP) is 0.960. The van der Waals surface area contributed by atoms with E-state index in [1.54, 1.807) is 6.92 Å². The molecule has 1 aliphatic heterocycles. The largest absolute Gasteiger partial charge is 0.352 e. The van der Waals surface area contributed by atoms with Crippen LogP contribution in [0.2, 0.25) is 0 Å². The van der Waals surface area contributed by atoms with E-state index in [1.165, 1.54) is 4.31 Å². The summed E-state index contributed by atoms with van der Waals surface area (Å²) in [6, 6.07) is 0.00917. The molecule has 1 unspecified atom stereocenters. The number of hydrogen-bond acceptors (Lipinski definition) is 4. The molecule has 0 aromatic heterocycles. The summed E-state index contributed by atoms with van der Waals surface area (Å²) in [4.78, 5) is 12.2. The lowest BCUT2D eigenvalue weighted by molar-refractivity contribution is -0.126. The third kappa shape index (κ3) is 6.40. The summed E-state index contributed by atoms with van der Waals surface area (Å²) in [5.41, 5.74) is 5.69. The molecule has 1 heterocycles. The van der Waals surface area contributed by atoms with Crippen molar-refractivity contribution in [3.8, 4) is 0 Å². The summed E-state index contributed by atoms with van der Waals surface area (Å²) < 4.78 is 25.1. The number of carbonyl (C=O) groups is 1. The van der Waals surface area contributed by atoms with Gasteiger partial charge in [-0.05, 0) is 32.1 Å². The van der Waals surface area contributed by atoms with Crippen LogP contribution in [0.3, 0.4) is 0 Å². The van der Waals surface area contributed by atoms with Crippen molar-refractivity contribution >= 4 is 28.3 Å². The standard InChI is InChI=1S/C14H29N3O3S.ClH/c1-4-21(19,20)17-7-5-12(6-8-17)14(18)16-13(10-15)9-11(2)3;/h11-13H,4-10,15H2,1-3H3,(H,16,18);1H. The molecule has 0 saturated carbocycles. The normalized spacial score (nSPS) is 18.8. The molecule has 1 saturated heterocycles. The molecule has 0 aromatic carbocycles. The molecule has 0 bridgehead atoms. The summed E-state index contributed by atoms with van der Waals surface area (Å²) in [6.07, 6.45) is 2.04. The second kappa shape index (κ2) is 9.70. The fourth-order valence-corrected chi connectivity index (χ4v) is 3.81. The number of nitrogens with two attached hydrogens (primary N) is 1. The van der Waals surface area contributed by atoms with Crippen LogP contribution in [0.5, 0.6) is 0 Å². The number of hydrogen-bond donors (Lipinski definition) is 2. The Morgan fingerprint density at radius 1 is 1.32 bits per heavy atom. The van der Waals surface area contributed by atoms with Gasteiger partial charge in [0.1, 0.15) is 0 Å². The molecule has 22 heavy (non-hydrogen) atoms. The van der Waals surface area contributed by atoms with Gasteiger partial charge in [0.25, 0.3) is 0 Å². The van der Waals surface area contributed by atoms with Crippen LogP contribution in [0.15, 0.2) is 0 Å². The third-order valence-electron chi connectivity index (χ3n) is 3.97. The molecule has 1 fully saturated rings. The van der Waals surface area contributed by atoms with Gasteiger partial charge in [0, 0.05) is 31.6 Å². The Morgan fingerprint density at radius 3 is 2.27 bits per heavy atom. The number of carbonyl (C=O) groups excluding carboxylic acids is 1. The van der Waals surface area contributed by atoms with Crippen molar-refractivity contribution in [2.24, 2.45) is 17.6 Å². The van der Waals surface area contributed by atoms with E-state index in [-0.39, 0.29) is 36.0 Å². The molecule has 0 spiro atoms. The van der Waals surface area contributed by atoms with E-state index >= 15 is 0 Å². The van der Waals surface area contributed by atoms with E-state index < -0.39 is 10.0 Å². The SMILES string of the molecule is CCS(=O)(=O)N1CCC(C(=O)NC(CN)CC(C)C)CC1.Cl. The van der Waals surface area contributed by atoms with Gasteiger partial charge >= 0.3 is 0 Å². The minimum absolute atomic E-state index is 0. The molecule has 132 valence electrons. The van der Waals surface area contributed by atoms with E-state index in [9.17, 15) is 13.2 Å². The molecular formula is C14H30ClN3O3S. The molecule has 0 aliphatic carbocycles. The number of nitrogens with zero attached hydrogens (tertiary/aromatic N) is 1. The summed E-state index contributed by atoms with van der Waals surface area (Å²) in [6.45, 7) is 7.15. The Labute approximate surface area is 140 Å². The van der Waals surface area contributed by atoms with Crippen LogP contribution < -0.4 is 11.1 Å². The zero-order valence-corrected chi connectivity index (χ0v) is 15.4. The quantitative estimate of drug-likeness (QED) is 0.711. The van der Waals surface area contributed by atoms with Crippen molar-refractivity contribution in [3.63, 3.8) is 0 Å². The summed E-state index contributed by atoms with van der Waals surface area (Å²) in [7, 11) is -3.13. The number of amides is 1. The fourth-order valence-electron chi connectivity index (χ4n) is 2.68. The molecule has 3 N–H and O–H groups in total. The van der Waals surface area contributed by atoms with Crippen LogP contribution in [0.1, 0.15) is 40.0 Å². The van der Waals surface area contributed by atoms with Gasteiger partial charge < -0.3 is 11.1 Å². The Morgan fingerprint density at radius 2 is 1.86 bits per heavy atom. The number of sulfonamides is 1. The van der Waals surface area contributed by atoms with Gasteiger partial charge in [-0.15, -0.1) is 12.4 Å². The monoisotopic (exact) mass is 355 g/mol. The van der Waals surface area contributed by atoms with Crippen molar-refractivity contribution in [1.82, 2.24) is 9.62 Å². The lowest BCUT2D eigenvalue weighted by Crippen LogP contribution is -2.47. The molecule has 8 heteroatoms. The summed E-state index contributed by atoms with van der Waals surface area (Å²) in [5.74, 6) is 0.512. The molecule has 0 aromatic rings. The Hall–Kier alpha value is -0.370. The first kappa shape index (κ1) is 21.6. The van der Waals surface area contributed by atoms with E-state index in [4.69, 9.17) is 5.73 Å². The minimum Gasteiger partial charge on any atom is -0.352 e. The first-order valence-corrected chi connectivity index (χ1v) is 9.39. The van der Waals surface area contributed by atoms with Gasteiger partial charge in [-0.3, -0.25) is 4.79 Å². The van der Waals surface area contributed by atoms with Crippen LogP contribution >= 0.6 is 12.4 Å². The minimum atomic E-state index is -3.13. The zero-order chi connectivity index (χ0) is 16.0. The number of halogens is 1. The van der Waals surface area contributed by atoms with Crippen molar-refractivity contribution in [3.05, 3.63) is 0 Å². The smallest absolute Gasteiger partial charge is 0.223 e. The van der Waals surface area contributed by atoms with Crippen molar-refractivity contribution in [2.45, 2.75) is 46.1 Å². The van der Waals surface area contributed by atoms with Crippen LogP contribution in [0.4, 0.5) is 0 Å². The number of nitrogens with one attached hydrogen (secondary N) is 1. The number of piperidine rings is 1. The first-order chi connectivity index (χ1) is 9.80. The van der Waals surface area contributed by atoms with Gasteiger partial charge in [0.05, 0.1) is 5.75 Å². The first-order valence-electron chi connectivity index (χ1n) is 7.78. The maximum absolute atomic E-state index is 12.2. The van der Waals surface area contributed by atoms with E-state index in [2.05, 4.69) is 19.2 Å². The highest BCUT2D eigenvalue weighted by Crippen LogP contribution is 2.20. The van der Waals surface area contributed by atoms with Crippen LogP contribution in [-0.2, 0) is 14.8 Å². The molecule has 1 atom stereocenters.